The number of phenolic OH excluding ortho intramolecular Hbond substituents is 1. The third kappa shape index (κ3) is 5.44. The van der Waals surface area contributed by atoms with Gasteiger partial charge in [-0.3, -0.25) is 0 Å². The lowest BCUT2D eigenvalue weighted by Gasteiger charge is -2.30. The number of phenols is 1. The molecule has 5 rings (SSSR count). The first-order chi connectivity index (χ1) is 18.0. The van der Waals surface area contributed by atoms with E-state index in [-0.39, 0.29) is 11.8 Å². The molecule has 1 atom stereocenters. The van der Waals surface area contributed by atoms with Crippen molar-refractivity contribution in [3.8, 4) is 28.8 Å². The van der Waals surface area contributed by atoms with Gasteiger partial charge in [-0.15, -0.1) is 10.2 Å². The Kier molecular flexibility index (Phi) is 7.10. The van der Waals surface area contributed by atoms with Gasteiger partial charge in [0.15, 0.2) is 5.82 Å². The smallest absolute Gasteiger partial charge is 0.169 e. The molecule has 1 fully saturated rings. The van der Waals surface area contributed by atoms with Crippen LogP contribution in [-0.2, 0) is 6.54 Å². The molecule has 1 aliphatic heterocycles. The molecule has 4 heterocycles. The molecule has 0 radical (unpaired) electrons. The fourth-order valence-electron chi connectivity index (χ4n) is 4.44. The monoisotopic (exact) mass is 514 g/mol. The number of imidazole rings is 1. The zero-order valence-electron chi connectivity index (χ0n) is 20.4. The van der Waals surface area contributed by atoms with Crippen molar-refractivity contribution in [2.24, 2.45) is 0 Å². The third-order valence-corrected chi connectivity index (χ3v) is 6.75. The van der Waals surface area contributed by atoms with Gasteiger partial charge in [0.05, 0.1) is 35.0 Å². The van der Waals surface area contributed by atoms with Crippen molar-refractivity contribution in [1.29, 1.82) is 0 Å². The largest absolute Gasteiger partial charge is 0.507 e. The number of nitrogens with two attached hydrogens (primary N) is 1. The van der Waals surface area contributed by atoms with Crippen LogP contribution in [0.15, 0.2) is 61.3 Å². The summed E-state index contributed by atoms with van der Waals surface area (Å²) in [6, 6.07) is 11.1. The molecule has 1 aliphatic rings. The van der Waals surface area contributed by atoms with E-state index in [1.165, 1.54) is 0 Å². The van der Waals surface area contributed by atoms with Gasteiger partial charge in [0.1, 0.15) is 11.4 Å². The minimum absolute atomic E-state index is 0.152. The van der Waals surface area contributed by atoms with Crippen molar-refractivity contribution in [3.63, 3.8) is 0 Å². The van der Waals surface area contributed by atoms with E-state index in [1.807, 2.05) is 35.0 Å². The minimum atomic E-state index is 0.152. The molecular weight excluding hydrogens is 488 g/mol. The second kappa shape index (κ2) is 10.8. The van der Waals surface area contributed by atoms with Gasteiger partial charge >= 0.3 is 0 Å². The number of rotatable bonds is 4. The Morgan fingerprint density at radius 3 is 2.81 bits per heavy atom. The summed E-state index contributed by atoms with van der Waals surface area (Å²) >= 11 is 6.61. The lowest BCUT2D eigenvalue weighted by Crippen LogP contribution is -2.35. The molecule has 0 aliphatic carbocycles. The first-order valence-corrected chi connectivity index (χ1v) is 12.4. The molecule has 3 N–H and O–H groups in total. The minimum Gasteiger partial charge on any atom is -0.507 e. The van der Waals surface area contributed by atoms with E-state index in [0.29, 0.717) is 40.9 Å². The standard InChI is InChI=1S/C27H27ClN8O/c1-19-8-11-35(25-16-23(32-33-27(25)29)21-6-2-3-7-26(21)37)13-14-36(19)24-15-20(31-17-22(24)28)5-4-10-34-12-9-30-18-34/h2-3,6-7,9,12,15-19,37H,8,10-11,13-14H2,1H3,(H2,29,33)/t19-/m1/s1. The maximum atomic E-state index is 10.3. The fraction of sp³-hybridized carbons (Fsp3) is 0.259. The molecule has 0 bridgehead atoms. The Morgan fingerprint density at radius 1 is 1.14 bits per heavy atom. The van der Waals surface area contributed by atoms with Crippen molar-refractivity contribution in [2.75, 3.05) is 35.2 Å². The second-order valence-electron chi connectivity index (χ2n) is 8.89. The van der Waals surface area contributed by atoms with Crippen LogP contribution in [0.5, 0.6) is 5.75 Å². The van der Waals surface area contributed by atoms with Crippen LogP contribution in [0, 0.1) is 11.8 Å². The second-order valence-corrected chi connectivity index (χ2v) is 9.30. The fourth-order valence-corrected chi connectivity index (χ4v) is 4.65. The number of anilines is 3. The maximum Gasteiger partial charge on any atom is 0.169 e. The van der Waals surface area contributed by atoms with Gasteiger partial charge in [0.2, 0.25) is 0 Å². The first-order valence-electron chi connectivity index (χ1n) is 12.0. The average molecular weight is 515 g/mol. The SMILES string of the molecule is C[C@@H]1CCN(c2cc(-c3ccccc3O)nnc2N)CCN1c1cc(C#CCn2ccnc2)ncc1Cl. The number of halogens is 1. The number of aromatic hydroxyl groups is 1. The Bertz CT molecular complexity index is 1450. The molecule has 1 aromatic carbocycles. The van der Waals surface area contributed by atoms with Gasteiger partial charge in [-0.25, -0.2) is 9.97 Å². The molecule has 1 saturated heterocycles. The van der Waals surface area contributed by atoms with Gasteiger partial charge < -0.3 is 25.2 Å². The van der Waals surface area contributed by atoms with Crippen molar-refractivity contribution in [3.05, 3.63) is 72.0 Å². The van der Waals surface area contributed by atoms with Gasteiger partial charge in [0.25, 0.3) is 0 Å². The summed E-state index contributed by atoms with van der Waals surface area (Å²) in [6.45, 7) is 4.94. The summed E-state index contributed by atoms with van der Waals surface area (Å²) in [5, 5.41) is 19.3. The number of benzene rings is 1. The van der Waals surface area contributed by atoms with Crippen molar-refractivity contribution < 1.29 is 5.11 Å². The normalized spacial score (nSPS) is 15.7. The van der Waals surface area contributed by atoms with E-state index in [1.54, 1.807) is 30.9 Å². The lowest BCUT2D eigenvalue weighted by molar-refractivity contribution is 0.477. The van der Waals surface area contributed by atoms with Crippen LogP contribution in [0.3, 0.4) is 0 Å². The molecule has 0 unspecified atom stereocenters. The van der Waals surface area contributed by atoms with Crippen molar-refractivity contribution in [2.45, 2.75) is 25.9 Å². The van der Waals surface area contributed by atoms with E-state index in [4.69, 9.17) is 17.3 Å². The molecule has 3 aromatic heterocycles. The van der Waals surface area contributed by atoms with Crippen LogP contribution in [0.1, 0.15) is 19.0 Å². The maximum absolute atomic E-state index is 10.3. The zero-order chi connectivity index (χ0) is 25.8. The molecule has 188 valence electrons. The van der Waals surface area contributed by atoms with Gasteiger partial charge in [-0.05, 0) is 43.5 Å². The Hall–Kier alpha value is -4.29. The highest BCUT2D eigenvalue weighted by molar-refractivity contribution is 6.33. The molecule has 10 heteroatoms. The van der Waals surface area contributed by atoms with Crippen LogP contribution >= 0.6 is 11.6 Å². The number of nitrogens with zero attached hydrogens (tertiary/aromatic N) is 7. The number of hydrogen-bond acceptors (Lipinski definition) is 8. The zero-order valence-corrected chi connectivity index (χ0v) is 21.2. The van der Waals surface area contributed by atoms with Gasteiger partial charge in [-0.1, -0.05) is 29.7 Å². The van der Waals surface area contributed by atoms with Crippen LogP contribution < -0.4 is 15.5 Å². The third-order valence-electron chi connectivity index (χ3n) is 6.46. The summed E-state index contributed by atoms with van der Waals surface area (Å²) < 4.78 is 1.90. The van der Waals surface area contributed by atoms with Gasteiger partial charge in [-0.2, -0.15) is 0 Å². The predicted molar refractivity (Wildman–Crippen MR) is 146 cm³/mol. The number of nitrogen functional groups attached to an aromatic ring is 1. The van der Waals surface area contributed by atoms with Crippen LogP contribution in [-0.4, -0.2) is 55.5 Å². The highest BCUT2D eigenvalue weighted by Crippen LogP contribution is 2.33. The summed E-state index contributed by atoms with van der Waals surface area (Å²) in [5.74, 6) is 6.77. The van der Waals surface area contributed by atoms with Gasteiger partial charge in [0, 0.05) is 49.8 Å². The van der Waals surface area contributed by atoms with E-state index in [9.17, 15) is 5.11 Å². The Labute approximate surface area is 220 Å². The summed E-state index contributed by atoms with van der Waals surface area (Å²) in [4.78, 5) is 12.9. The Morgan fingerprint density at radius 2 is 2.00 bits per heavy atom. The van der Waals surface area contributed by atoms with Crippen LogP contribution in [0.4, 0.5) is 17.2 Å². The van der Waals surface area contributed by atoms with Crippen LogP contribution in [0.2, 0.25) is 5.02 Å². The lowest BCUT2D eigenvalue weighted by atomic mass is 10.1. The molecule has 37 heavy (non-hydrogen) atoms. The molecule has 4 aromatic rings. The van der Waals surface area contributed by atoms with E-state index in [2.05, 4.69) is 48.7 Å². The topological polar surface area (TPSA) is 109 Å². The number of aromatic nitrogens is 5. The van der Waals surface area contributed by atoms with Crippen LogP contribution in [0.25, 0.3) is 11.3 Å². The average Bonchev–Trinajstić information content (AvgIpc) is 3.34. The number of para-hydroxylation sites is 1. The van der Waals surface area contributed by atoms with E-state index >= 15 is 0 Å². The molecule has 0 amide bonds. The molecule has 0 saturated carbocycles. The predicted octanol–water partition coefficient (Wildman–Crippen LogP) is 3.83. The number of hydrogen-bond donors (Lipinski definition) is 2. The highest BCUT2D eigenvalue weighted by Gasteiger charge is 2.25. The molecule has 0 spiro atoms. The van der Waals surface area contributed by atoms with Crippen molar-refractivity contribution in [1.82, 2.24) is 24.7 Å². The quantitative estimate of drug-likeness (QED) is 0.395. The highest BCUT2D eigenvalue weighted by atomic mass is 35.5. The summed E-state index contributed by atoms with van der Waals surface area (Å²) in [7, 11) is 0. The molecular formula is C27H27ClN8O. The number of pyridine rings is 1. The van der Waals surface area contributed by atoms with E-state index in [0.717, 1.165) is 30.9 Å². The van der Waals surface area contributed by atoms with Crippen molar-refractivity contribution >= 4 is 28.8 Å². The summed E-state index contributed by atoms with van der Waals surface area (Å²) in [5.41, 5.74) is 9.83. The first kappa shape index (κ1) is 24.4. The summed E-state index contributed by atoms with van der Waals surface area (Å²) in [6.07, 6.45) is 7.88. The molecule has 9 nitrogen and oxygen atoms in total. The van der Waals surface area contributed by atoms with E-state index < -0.39 is 0 Å². The Balaban J connectivity index is 1.36.